The molecule has 0 aliphatic carbocycles. The number of hydrogen-bond acceptors (Lipinski definition) is 4. The molecular weight excluding hydrogens is 350 g/mol. The molecule has 0 saturated heterocycles. The lowest BCUT2D eigenvalue weighted by molar-refractivity contribution is 0.298. The lowest BCUT2D eigenvalue weighted by Gasteiger charge is -2.36. The first-order valence-corrected chi connectivity index (χ1v) is 9.76. The molecule has 1 unspecified atom stereocenters. The zero-order valence-electron chi connectivity index (χ0n) is 14.3. The molecular formula is C19H19N3O3S. The van der Waals surface area contributed by atoms with Gasteiger partial charge in [-0.1, -0.05) is 12.1 Å². The zero-order chi connectivity index (χ0) is 18.1. The summed E-state index contributed by atoms with van der Waals surface area (Å²) in [5.74, 6) is 0.738. The number of hydrogen-bond donors (Lipinski definition) is 0. The SMILES string of the molecule is COc1ccc(C2c3cccn3CCN2S(=O)(=O)c2cccnc2)cc1. The molecule has 1 aliphatic rings. The highest BCUT2D eigenvalue weighted by atomic mass is 32.2. The summed E-state index contributed by atoms with van der Waals surface area (Å²) in [4.78, 5) is 4.18. The van der Waals surface area contributed by atoms with Gasteiger partial charge >= 0.3 is 0 Å². The summed E-state index contributed by atoms with van der Waals surface area (Å²) in [6.45, 7) is 1.02. The Balaban J connectivity index is 1.83. The van der Waals surface area contributed by atoms with Gasteiger partial charge in [0, 0.05) is 37.4 Å². The molecule has 0 amide bonds. The third-order valence-corrected chi connectivity index (χ3v) is 6.51. The molecule has 2 aromatic heterocycles. The summed E-state index contributed by atoms with van der Waals surface area (Å²) in [5, 5.41) is 0. The third kappa shape index (κ3) is 2.79. The van der Waals surface area contributed by atoms with Crippen LogP contribution >= 0.6 is 0 Å². The van der Waals surface area contributed by atoms with Crippen molar-refractivity contribution in [3.8, 4) is 5.75 Å². The van der Waals surface area contributed by atoms with Crippen LogP contribution < -0.4 is 4.74 Å². The lowest BCUT2D eigenvalue weighted by Crippen LogP contribution is -2.42. The molecule has 0 fully saturated rings. The Morgan fingerprint density at radius 3 is 2.58 bits per heavy atom. The van der Waals surface area contributed by atoms with E-state index in [4.69, 9.17) is 4.74 Å². The molecule has 134 valence electrons. The smallest absolute Gasteiger partial charge is 0.245 e. The standard InChI is InChI=1S/C19H19N3O3S/c1-25-16-8-6-15(7-9-16)19-18-5-3-11-21(18)12-13-22(19)26(23,24)17-4-2-10-20-14-17/h2-11,14,19H,12-13H2,1H3. The van der Waals surface area contributed by atoms with E-state index < -0.39 is 16.1 Å². The largest absolute Gasteiger partial charge is 0.497 e. The van der Waals surface area contributed by atoms with Crippen molar-refractivity contribution in [3.05, 3.63) is 78.4 Å². The molecule has 4 rings (SSSR count). The van der Waals surface area contributed by atoms with E-state index in [-0.39, 0.29) is 4.90 Å². The van der Waals surface area contributed by atoms with Crippen LogP contribution in [-0.2, 0) is 16.6 Å². The van der Waals surface area contributed by atoms with E-state index in [2.05, 4.69) is 9.55 Å². The number of fused-ring (bicyclic) bond motifs is 1. The molecule has 3 aromatic rings. The van der Waals surface area contributed by atoms with Crippen molar-refractivity contribution in [3.63, 3.8) is 0 Å². The Hall–Kier alpha value is -2.64. The minimum absolute atomic E-state index is 0.207. The molecule has 7 heteroatoms. The number of nitrogens with zero attached hydrogens (tertiary/aromatic N) is 3. The second kappa shape index (κ2) is 6.59. The number of pyridine rings is 1. The van der Waals surface area contributed by atoms with Crippen molar-refractivity contribution < 1.29 is 13.2 Å². The molecule has 26 heavy (non-hydrogen) atoms. The Morgan fingerprint density at radius 2 is 1.88 bits per heavy atom. The molecule has 0 bridgehead atoms. The molecule has 0 N–H and O–H groups in total. The highest BCUT2D eigenvalue weighted by molar-refractivity contribution is 7.89. The fourth-order valence-electron chi connectivity index (χ4n) is 3.38. The van der Waals surface area contributed by atoms with E-state index in [0.29, 0.717) is 13.1 Å². The monoisotopic (exact) mass is 369 g/mol. The van der Waals surface area contributed by atoms with E-state index in [9.17, 15) is 8.42 Å². The van der Waals surface area contributed by atoms with Gasteiger partial charge in [0.25, 0.3) is 0 Å². The lowest BCUT2D eigenvalue weighted by atomic mass is 10.0. The maximum Gasteiger partial charge on any atom is 0.245 e. The van der Waals surface area contributed by atoms with Gasteiger partial charge in [0.1, 0.15) is 10.6 Å². The molecule has 6 nitrogen and oxygen atoms in total. The Labute approximate surface area is 152 Å². The van der Waals surface area contributed by atoms with E-state index in [1.54, 1.807) is 29.7 Å². The van der Waals surface area contributed by atoms with Crippen molar-refractivity contribution in [1.82, 2.24) is 13.9 Å². The summed E-state index contributed by atoms with van der Waals surface area (Å²) in [5.41, 5.74) is 1.85. The number of rotatable bonds is 4. The van der Waals surface area contributed by atoms with Crippen LogP contribution in [0.2, 0.25) is 0 Å². The predicted octanol–water partition coefficient (Wildman–Crippen LogP) is 2.69. The van der Waals surface area contributed by atoms with Crippen molar-refractivity contribution in [1.29, 1.82) is 0 Å². The van der Waals surface area contributed by atoms with E-state index in [1.807, 2.05) is 42.6 Å². The fraction of sp³-hybridized carbons (Fsp3) is 0.211. The van der Waals surface area contributed by atoms with Crippen LogP contribution in [-0.4, -0.2) is 35.9 Å². The van der Waals surface area contributed by atoms with Crippen molar-refractivity contribution in [2.75, 3.05) is 13.7 Å². The first-order chi connectivity index (χ1) is 12.6. The highest BCUT2D eigenvalue weighted by Gasteiger charge is 2.37. The minimum atomic E-state index is -3.67. The van der Waals surface area contributed by atoms with E-state index >= 15 is 0 Å². The maximum absolute atomic E-state index is 13.3. The van der Waals surface area contributed by atoms with Gasteiger partial charge in [-0.25, -0.2) is 8.42 Å². The van der Waals surface area contributed by atoms with Gasteiger partial charge in [-0.05, 0) is 42.0 Å². The van der Waals surface area contributed by atoms with E-state index in [1.165, 1.54) is 6.20 Å². The van der Waals surface area contributed by atoms with Crippen LogP contribution in [0.3, 0.4) is 0 Å². The molecule has 0 radical (unpaired) electrons. The van der Waals surface area contributed by atoms with Crippen LogP contribution in [0, 0.1) is 0 Å². The fourth-order valence-corrected chi connectivity index (χ4v) is 4.92. The summed E-state index contributed by atoms with van der Waals surface area (Å²) < 4.78 is 35.4. The minimum Gasteiger partial charge on any atom is -0.497 e. The predicted molar refractivity (Wildman–Crippen MR) is 97.4 cm³/mol. The van der Waals surface area contributed by atoms with Gasteiger partial charge in [-0.3, -0.25) is 4.98 Å². The van der Waals surface area contributed by atoms with Gasteiger partial charge in [0.05, 0.1) is 13.2 Å². The molecule has 0 saturated carbocycles. The summed E-state index contributed by atoms with van der Waals surface area (Å²) in [6, 6.07) is 14.3. The number of methoxy groups -OCH3 is 1. The Morgan fingerprint density at radius 1 is 1.08 bits per heavy atom. The number of ether oxygens (including phenoxy) is 1. The van der Waals surface area contributed by atoms with Crippen molar-refractivity contribution in [2.45, 2.75) is 17.5 Å². The molecule has 1 aromatic carbocycles. The number of sulfonamides is 1. The zero-order valence-corrected chi connectivity index (χ0v) is 15.1. The van der Waals surface area contributed by atoms with Gasteiger partial charge in [-0.15, -0.1) is 0 Å². The molecule has 3 heterocycles. The summed E-state index contributed by atoms with van der Waals surface area (Å²) in [6.07, 6.45) is 4.95. The second-order valence-corrected chi connectivity index (χ2v) is 8.00. The molecule has 0 spiro atoms. The Kier molecular flexibility index (Phi) is 4.26. The number of aromatic nitrogens is 2. The topological polar surface area (TPSA) is 64.4 Å². The average Bonchev–Trinajstić information content (AvgIpc) is 3.17. The van der Waals surface area contributed by atoms with Crippen molar-refractivity contribution in [2.24, 2.45) is 0 Å². The first-order valence-electron chi connectivity index (χ1n) is 8.32. The Bertz CT molecular complexity index is 998. The third-order valence-electron chi connectivity index (χ3n) is 4.67. The molecule has 1 atom stereocenters. The van der Waals surface area contributed by atoms with E-state index in [0.717, 1.165) is 17.0 Å². The van der Waals surface area contributed by atoms with Crippen LogP contribution in [0.25, 0.3) is 0 Å². The second-order valence-electron chi connectivity index (χ2n) is 6.11. The average molecular weight is 369 g/mol. The summed E-state index contributed by atoms with van der Waals surface area (Å²) >= 11 is 0. The van der Waals surface area contributed by atoms with Crippen LogP contribution in [0.1, 0.15) is 17.3 Å². The first kappa shape index (κ1) is 16.8. The molecule has 1 aliphatic heterocycles. The van der Waals surface area contributed by atoms with Gasteiger partial charge in [0.15, 0.2) is 0 Å². The van der Waals surface area contributed by atoms with Crippen LogP contribution in [0.5, 0.6) is 5.75 Å². The van der Waals surface area contributed by atoms with Crippen molar-refractivity contribution >= 4 is 10.0 Å². The number of benzene rings is 1. The van der Waals surface area contributed by atoms with Crippen LogP contribution in [0.4, 0.5) is 0 Å². The summed E-state index contributed by atoms with van der Waals surface area (Å²) in [7, 11) is -2.06. The quantitative estimate of drug-likeness (QED) is 0.709. The maximum atomic E-state index is 13.3. The van der Waals surface area contributed by atoms with Crippen LogP contribution in [0.15, 0.2) is 72.0 Å². The van der Waals surface area contributed by atoms with Gasteiger partial charge in [-0.2, -0.15) is 4.31 Å². The highest BCUT2D eigenvalue weighted by Crippen LogP contribution is 2.36. The normalized spacial score (nSPS) is 17.7. The van der Waals surface area contributed by atoms with Gasteiger partial charge in [0.2, 0.25) is 10.0 Å². The van der Waals surface area contributed by atoms with Gasteiger partial charge < -0.3 is 9.30 Å².